The van der Waals surface area contributed by atoms with Crippen molar-refractivity contribution in [2.75, 3.05) is 18.5 Å². The van der Waals surface area contributed by atoms with Crippen LogP contribution in [0.4, 0.5) is 5.82 Å². The number of likely N-dealkylation sites (N-methyl/N-ethyl adjacent to an activating group) is 1. The van der Waals surface area contributed by atoms with Crippen molar-refractivity contribution < 1.29 is 13.2 Å². The molecule has 0 radical (unpaired) electrons. The molecule has 3 rings (SSSR count). The van der Waals surface area contributed by atoms with Crippen LogP contribution in [0.1, 0.15) is 38.5 Å². The van der Waals surface area contributed by atoms with Gasteiger partial charge in [-0.3, -0.25) is 4.79 Å². The zero-order valence-corrected chi connectivity index (χ0v) is 14.7. The van der Waals surface area contributed by atoms with E-state index in [4.69, 9.17) is 0 Å². The minimum Gasteiger partial charge on any atom is -0.352 e. The predicted octanol–water partition coefficient (Wildman–Crippen LogP) is 1.02. The maximum absolute atomic E-state index is 12.3. The van der Waals surface area contributed by atoms with Crippen LogP contribution >= 0.6 is 0 Å². The SMILES string of the molecule is CN(CC(=O)NC1CC1)c1ccc(S(=O)(=O)NC2CCCC2)cn1. The molecule has 132 valence electrons. The van der Waals surface area contributed by atoms with E-state index in [-0.39, 0.29) is 23.4 Å². The van der Waals surface area contributed by atoms with Crippen LogP contribution in [0.5, 0.6) is 0 Å². The van der Waals surface area contributed by atoms with E-state index < -0.39 is 10.0 Å². The van der Waals surface area contributed by atoms with E-state index in [0.717, 1.165) is 38.5 Å². The van der Waals surface area contributed by atoms with Gasteiger partial charge in [0, 0.05) is 25.3 Å². The number of carbonyl (C=O) groups excluding carboxylic acids is 1. The van der Waals surface area contributed by atoms with Crippen LogP contribution in [0.15, 0.2) is 23.2 Å². The van der Waals surface area contributed by atoms with Gasteiger partial charge >= 0.3 is 0 Å². The number of rotatable bonds is 7. The van der Waals surface area contributed by atoms with Crippen LogP contribution in [0.25, 0.3) is 0 Å². The number of anilines is 1. The van der Waals surface area contributed by atoms with Crippen molar-refractivity contribution in [3.63, 3.8) is 0 Å². The monoisotopic (exact) mass is 352 g/mol. The van der Waals surface area contributed by atoms with Crippen LogP contribution in [-0.4, -0.2) is 45.0 Å². The highest BCUT2D eigenvalue weighted by Gasteiger charge is 2.25. The molecule has 0 spiro atoms. The number of nitrogens with zero attached hydrogens (tertiary/aromatic N) is 2. The quantitative estimate of drug-likeness (QED) is 0.764. The van der Waals surface area contributed by atoms with Crippen LogP contribution in [0.2, 0.25) is 0 Å². The summed E-state index contributed by atoms with van der Waals surface area (Å²) >= 11 is 0. The molecule has 2 N–H and O–H groups in total. The van der Waals surface area contributed by atoms with Crippen LogP contribution in [0.3, 0.4) is 0 Å². The summed E-state index contributed by atoms with van der Waals surface area (Å²) in [6, 6.07) is 3.53. The molecule has 1 aromatic heterocycles. The first-order valence-electron chi connectivity index (χ1n) is 8.43. The van der Waals surface area contributed by atoms with Crippen LogP contribution in [0, 0.1) is 0 Å². The average Bonchev–Trinajstić information content (AvgIpc) is 3.20. The van der Waals surface area contributed by atoms with Crippen molar-refractivity contribution in [1.29, 1.82) is 0 Å². The second-order valence-corrected chi connectivity index (χ2v) is 8.37. The lowest BCUT2D eigenvalue weighted by atomic mass is 10.3. The lowest BCUT2D eigenvalue weighted by Crippen LogP contribution is -2.36. The highest BCUT2D eigenvalue weighted by Crippen LogP contribution is 2.21. The molecule has 0 saturated heterocycles. The van der Waals surface area contributed by atoms with Crippen molar-refractivity contribution in [2.24, 2.45) is 0 Å². The first-order valence-corrected chi connectivity index (χ1v) is 9.91. The number of pyridine rings is 1. The van der Waals surface area contributed by atoms with Crippen LogP contribution in [-0.2, 0) is 14.8 Å². The van der Waals surface area contributed by atoms with Gasteiger partial charge in [-0.2, -0.15) is 0 Å². The number of amides is 1. The summed E-state index contributed by atoms with van der Waals surface area (Å²) < 4.78 is 27.4. The molecule has 0 aliphatic heterocycles. The average molecular weight is 352 g/mol. The molecule has 7 nitrogen and oxygen atoms in total. The molecular formula is C16H24N4O3S. The highest BCUT2D eigenvalue weighted by atomic mass is 32.2. The van der Waals surface area contributed by atoms with Crippen molar-refractivity contribution in [2.45, 2.75) is 55.5 Å². The topological polar surface area (TPSA) is 91.4 Å². The molecule has 0 bridgehead atoms. The van der Waals surface area contributed by atoms with Crippen molar-refractivity contribution in [1.82, 2.24) is 15.0 Å². The second-order valence-electron chi connectivity index (χ2n) is 6.65. The smallest absolute Gasteiger partial charge is 0.242 e. The number of carbonyl (C=O) groups is 1. The number of hydrogen-bond acceptors (Lipinski definition) is 5. The normalized spacial score (nSPS) is 18.5. The van der Waals surface area contributed by atoms with Crippen LogP contribution < -0.4 is 14.9 Å². The number of aromatic nitrogens is 1. The number of nitrogens with one attached hydrogen (secondary N) is 2. The fourth-order valence-corrected chi connectivity index (χ4v) is 4.14. The molecule has 2 fully saturated rings. The first kappa shape index (κ1) is 17.2. The van der Waals surface area contributed by atoms with E-state index in [1.165, 1.54) is 12.3 Å². The highest BCUT2D eigenvalue weighted by molar-refractivity contribution is 7.89. The molecule has 0 unspecified atom stereocenters. The molecule has 1 heterocycles. The Morgan fingerprint density at radius 2 is 1.92 bits per heavy atom. The molecule has 2 aliphatic carbocycles. The van der Waals surface area contributed by atoms with Gasteiger partial charge < -0.3 is 10.2 Å². The Bertz CT molecular complexity index is 680. The maximum atomic E-state index is 12.3. The third kappa shape index (κ3) is 4.45. The third-order valence-corrected chi connectivity index (χ3v) is 5.93. The van der Waals surface area contributed by atoms with E-state index in [0.29, 0.717) is 11.9 Å². The third-order valence-electron chi connectivity index (χ3n) is 4.42. The van der Waals surface area contributed by atoms with Crippen molar-refractivity contribution >= 4 is 21.7 Å². The summed E-state index contributed by atoms with van der Waals surface area (Å²) in [5, 5.41) is 2.92. The van der Waals surface area contributed by atoms with Gasteiger partial charge in [0.15, 0.2) is 0 Å². The Kier molecular flexibility index (Phi) is 5.05. The molecule has 0 aromatic carbocycles. The maximum Gasteiger partial charge on any atom is 0.242 e. The zero-order valence-electron chi connectivity index (χ0n) is 13.9. The lowest BCUT2D eigenvalue weighted by Gasteiger charge is -2.18. The minimum absolute atomic E-state index is 0.0310. The Morgan fingerprint density at radius 3 is 2.50 bits per heavy atom. The van der Waals surface area contributed by atoms with Gasteiger partial charge in [-0.1, -0.05) is 12.8 Å². The Balaban J connectivity index is 1.60. The predicted molar refractivity (Wildman–Crippen MR) is 91.2 cm³/mol. The number of hydrogen-bond donors (Lipinski definition) is 2. The summed E-state index contributed by atoms with van der Waals surface area (Å²) in [7, 11) is -1.76. The van der Waals surface area contributed by atoms with Gasteiger partial charge in [-0.05, 0) is 37.8 Å². The summed E-state index contributed by atoms with van der Waals surface area (Å²) in [6.07, 6.45) is 7.37. The molecule has 2 aliphatic rings. The summed E-state index contributed by atoms with van der Waals surface area (Å²) in [4.78, 5) is 17.9. The molecule has 0 atom stereocenters. The van der Waals surface area contributed by atoms with Gasteiger partial charge in [0.05, 0.1) is 6.54 Å². The molecule has 2 saturated carbocycles. The van der Waals surface area contributed by atoms with Gasteiger partial charge in [0.25, 0.3) is 0 Å². The molecular weight excluding hydrogens is 328 g/mol. The molecule has 1 aromatic rings. The second kappa shape index (κ2) is 7.06. The lowest BCUT2D eigenvalue weighted by molar-refractivity contribution is -0.119. The molecule has 24 heavy (non-hydrogen) atoms. The fraction of sp³-hybridized carbons (Fsp3) is 0.625. The molecule has 8 heteroatoms. The fourth-order valence-electron chi connectivity index (χ4n) is 2.89. The van der Waals surface area contributed by atoms with E-state index >= 15 is 0 Å². The van der Waals surface area contributed by atoms with Gasteiger partial charge in [-0.15, -0.1) is 0 Å². The number of sulfonamides is 1. The first-order chi connectivity index (χ1) is 11.4. The Labute approximate surface area is 142 Å². The van der Waals surface area contributed by atoms with Crippen molar-refractivity contribution in [3.8, 4) is 0 Å². The zero-order chi connectivity index (χ0) is 17.2. The van der Waals surface area contributed by atoms with E-state index in [2.05, 4.69) is 15.0 Å². The van der Waals surface area contributed by atoms with Gasteiger partial charge in [0.1, 0.15) is 10.7 Å². The summed E-state index contributed by atoms with van der Waals surface area (Å²) in [5.41, 5.74) is 0. The van der Waals surface area contributed by atoms with E-state index in [1.54, 1.807) is 18.0 Å². The largest absolute Gasteiger partial charge is 0.352 e. The standard InChI is InChI=1S/C16H24N4O3S/c1-20(11-16(21)18-12-6-7-12)15-9-8-14(10-17-15)24(22,23)19-13-4-2-3-5-13/h8-10,12-13,19H,2-7,11H2,1H3,(H,18,21). The summed E-state index contributed by atoms with van der Waals surface area (Å²) in [5.74, 6) is 0.530. The van der Waals surface area contributed by atoms with E-state index in [1.807, 2.05) is 0 Å². The molecule has 1 amide bonds. The Morgan fingerprint density at radius 1 is 1.21 bits per heavy atom. The van der Waals surface area contributed by atoms with Crippen molar-refractivity contribution in [3.05, 3.63) is 18.3 Å². The van der Waals surface area contributed by atoms with Gasteiger partial charge in [0.2, 0.25) is 15.9 Å². The Hall–Kier alpha value is -1.67. The van der Waals surface area contributed by atoms with E-state index in [9.17, 15) is 13.2 Å². The summed E-state index contributed by atoms with van der Waals surface area (Å²) in [6.45, 7) is 0.204. The van der Waals surface area contributed by atoms with Gasteiger partial charge in [-0.25, -0.2) is 18.1 Å². The minimum atomic E-state index is -3.53.